The quantitative estimate of drug-likeness (QED) is 0.781. The molecule has 3 rings (SSSR count). The molecule has 0 fully saturated rings. The first kappa shape index (κ1) is 13.9. The van der Waals surface area contributed by atoms with Crippen LogP contribution in [0.4, 0.5) is 0 Å². The largest absolute Gasteiger partial charge is 0.324 e. The third-order valence-electron chi connectivity index (χ3n) is 3.29. The van der Waals surface area contributed by atoms with Crippen molar-refractivity contribution in [2.45, 2.75) is 25.3 Å². The average Bonchev–Trinajstić information content (AvgIpc) is 2.49. The third-order valence-corrected chi connectivity index (χ3v) is 3.98. The van der Waals surface area contributed by atoms with E-state index >= 15 is 0 Å². The van der Waals surface area contributed by atoms with Crippen LogP contribution in [0, 0.1) is 11.3 Å². The summed E-state index contributed by atoms with van der Waals surface area (Å²) in [5.41, 5.74) is 9.54. The normalized spacial score (nSPS) is 20.4. The van der Waals surface area contributed by atoms with Crippen LogP contribution in [0.5, 0.6) is 0 Å². The van der Waals surface area contributed by atoms with Crippen LogP contribution in [0.3, 0.4) is 0 Å². The smallest absolute Gasteiger partial charge is 0.0988 e. The van der Waals surface area contributed by atoms with Crippen molar-refractivity contribution in [1.29, 1.82) is 5.26 Å². The van der Waals surface area contributed by atoms with Gasteiger partial charge in [0.1, 0.15) is 0 Å². The van der Waals surface area contributed by atoms with Crippen molar-refractivity contribution in [2.75, 3.05) is 5.75 Å². The van der Waals surface area contributed by atoms with Crippen LogP contribution >= 0.6 is 11.8 Å². The van der Waals surface area contributed by atoms with E-state index < -0.39 is 0 Å². The van der Waals surface area contributed by atoms with Gasteiger partial charge in [-0.3, -0.25) is 0 Å². The number of hydrogen-bond donors (Lipinski definition) is 1. The number of fused-ring (bicyclic) bond motifs is 1. The maximum absolute atomic E-state index is 8.31. The van der Waals surface area contributed by atoms with Gasteiger partial charge in [-0.25, -0.2) is 0 Å². The number of aryl methyl sites for hydroxylation is 1. The van der Waals surface area contributed by atoms with E-state index in [0.29, 0.717) is 6.04 Å². The molecule has 2 aliphatic rings. The summed E-state index contributed by atoms with van der Waals surface area (Å²) in [7, 11) is 0. The first-order valence-electron chi connectivity index (χ1n) is 6.53. The molecule has 0 spiro atoms. The molecule has 0 amide bonds. The van der Waals surface area contributed by atoms with Gasteiger partial charge in [-0.15, -0.1) is 11.8 Å². The fourth-order valence-corrected chi connectivity index (χ4v) is 2.89. The summed E-state index contributed by atoms with van der Waals surface area (Å²) < 4.78 is 0. The van der Waals surface area contributed by atoms with E-state index in [2.05, 4.69) is 30.3 Å². The summed E-state index contributed by atoms with van der Waals surface area (Å²) in [6.07, 6.45) is 7.36. The predicted molar refractivity (Wildman–Crippen MR) is 81.6 cm³/mol. The number of rotatable bonds is 0. The fraction of sp³-hybridized carbons (Fsp3) is 0.312. The van der Waals surface area contributed by atoms with Gasteiger partial charge < -0.3 is 5.73 Å². The van der Waals surface area contributed by atoms with E-state index in [4.69, 9.17) is 11.0 Å². The van der Waals surface area contributed by atoms with Crippen LogP contribution in [-0.4, -0.2) is 5.75 Å². The second-order valence-electron chi connectivity index (χ2n) is 4.60. The summed E-state index contributed by atoms with van der Waals surface area (Å²) in [5, 5.41) is 10.3. The van der Waals surface area contributed by atoms with Crippen molar-refractivity contribution in [3.05, 3.63) is 58.5 Å². The summed E-state index contributed by atoms with van der Waals surface area (Å²) in [5.74, 6) is 0.944. The molecule has 0 bridgehead atoms. The second kappa shape index (κ2) is 7.18. The van der Waals surface area contributed by atoms with Gasteiger partial charge in [0.2, 0.25) is 0 Å². The van der Waals surface area contributed by atoms with E-state index in [1.165, 1.54) is 24.0 Å². The van der Waals surface area contributed by atoms with Gasteiger partial charge in [0, 0.05) is 17.4 Å². The van der Waals surface area contributed by atoms with Crippen molar-refractivity contribution in [3.8, 4) is 6.07 Å². The molecule has 98 valence electrons. The Balaban J connectivity index is 0.000000148. The number of thioether (sulfide) groups is 1. The molecule has 2 N–H and O–H groups in total. The average molecular weight is 270 g/mol. The molecule has 2 nitrogen and oxygen atoms in total. The highest BCUT2D eigenvalue weighted by atomic mass is 32.2. The van der Waals surface area contributed by atoms with Gasteiger partial charge in [-0.2, -0.15) is 5.26 Å². The highest BCUT2D eigenvalue weighted by molar-refractivity contribution is 8.02. The molecule has 1 aliphatic carbocycles. The Morgan fingerprint density at radius 2 is 2.16 bits per heavy atom. The molecule has 1 atom stereocenters. The Morgan fingerprint density at radius 3 is 2.79 bits per heavy atom. The Kier molecular flexibility index (Phi) is 5.26. The molecule has 1 aliphatic heterocycles. The molecule has 0 saturated carbocycles. The standard InChI is InChI=1S/C10H13N.C6H5NS/c11-10-7-3-5-8-4-1-2-6-9(8)10;7-5-6-1-3-8-4-2-6/h1-2,4,6,10H,3,5,7,11H2;1-3H,4H2. The number of benzene rings is 1. The zero-order valence-electron chi connectivity index (χ0n) is 10.9. The molecule has 19 heavy (non-hydrogen) atoms. The van der Waals surface area contributed by atoms with Gasteiger partial charge in [0.05, 0.1) is 6.07 Å². The molecule has 1 aromatic carbocycles. The van der Waals surface area contributed by atoms with Crippen molar-refractivity contribution >= 4 is 11.8 Å². The van der Waals surface area contributed by atoms with Crippen LogP contribution in [0.1, 0.15) is 30.0 Å². The summed E-state index contributed by atoms with van der Waals surface area (Å²) in [4.78, 5) is 0. The summed E-state index contributed by atoms with van der Waals surface area (Å²) >= 11 is 1.71. The first-order chi connectivity index (χ1) is 9.31. The van der Waals surface area contributed by atoms with E-state index in [0.717, 1.165) is 17.7 Å². The predicted octanol–water partition coefficient (Wildman–Crippen LogP) is 3.72. The second-order valence-corrected chi connectivity index (χ2v) is 5.54. The SMILES string of the molecule is N#CC1=CCSC=C1.NC1CCCc2ccccc21. The van der Waals surface area contributed by atoms with Crippen LogP contribution in [0.25, 0.3) is 0 Å². The van der Waals surface area contributed by atoms with Crippen LogP contribution in [0.15, 0.2) is 47.4 Å². The molecule has 3 heteroatoms. The van der Waals surface area contributed by atoms with Gasteiger partial charge in [-0.05, 0) is 41.9 Å². The van der Waals surface area contributed by atoms with Crippen molar-refractivity contribution < 1.29 is 0 Å². The maximum atomic E-state index is 8.31. The van der Waals surface area contributed by atoms with Gasteiger partial charge in [0.15, 0.2) is 0 Å². The highest BCUT2D eigenvalue weighted by Crippen LogP contribution is 2.26. The first-order valence-corrected chi connectivity index (χ1v) is 7.58. The molecular weight excluding hydrogens is 252 g/mol. The number of allylic oxidation sites excluding steroid dienone is 2. The van der Waals surface area contributed by atoms with E-state index in [9.17, 15) is 0 Å². The van der Waals surface area contributed by atoms with E-state index in [1.54, 1.807) is 11.8 Å². The Bertz CT molecular complexity index is 526. The Hall–Kier alpha value is -1.50. The lowest BCUT2D eigenvalue weighted by Gasteiger charge is -2.21. The lowest BCUT2D eigenvalue weighted by molar-refractivity contribution is 0.570. The summed E-state index contributed by atoms with van der Waals surface area (Å²) in [6.45, 7) is 0. The van der Waals surface area contributed by atoms with Gasteiger partial charge in [-0.1, -0.05) is 30.3 Å². The Labute approximate surface area is 119 Å². The molecule has 0 radical (unpaired) electrons. The molecular formula is C16H18N2S. The molecule has 1 unspecified atom stereocenters. The van der Waals surface area contributed by atoms with Crippen molar-refractivity contribution in [1.82, 2.24) is 0 Å². The lowest BCUT2D eigenvalue weighted by atomic mass is 9.88. The third kappa shape index (κ3) is 3.99. The molecule has 0 saturated heterocycles. The van der Waals surface area contributed by atoms with E-state index in [-0.39, 0.29) is 0 Å². The minimum atomic E-state index is 0.292. The van der Waals surface area contributed by atoms with E-state index in [1.807, 2.05) is 17.6 Å². The minimum absolute atomic E-state index is 0.292. The lowest BCUT2D eigenvalue weighted by Crippen LogP contribution is -2.16. The molecule has 1 heterocycles. The van der Waals surface area contributed by atoms with Gasteiger partial charge in [0.25, 0.3) is 0 Å². The highest BCUT2D eigenvalue weighted by Gasteiger charge is 2.14. The van der Waals surface area contributed by atoms with Crippen molar-refractivity contribution in [2.24, 2.45) is 5.73 Å². The minimum Gasteiger partial charge on any atom is -0.324 e. The summed E-state index contributed by atoms with van der Waals surface area (Å²) in [6, 6.07) is 10.9. The van der Waals surface area contributed by atoms with Crippen LogP contribution in [0.2, 0.25) is 0 Å². The zero-order valence-corrected chi connectivity index (χ0v) is 11.7. The zero-order chi connectivity index (χ0) is 13.5. The molecule has 1 aromatic rings. The topological polar surface area (TPSA) is 49.8 Å². The van der Waals surface area contributed by atoms with Crippen LogP contribution in [-0.2, 0) is 6.42 Å². The number of nitrogens with two attached hydrogens (primary N) is 1. The fourth-order valence-electron chi connectivity index (χ4n) is 2.26. The van der Waals surface area contributed by atoms with Crippen molar-refractivity contribution in [3.63, 3.8) is 0 Å². The molecule has 0 aromatic heterocycles. The van der Waals surface area contributed by atoms with Crippen LogP contribution < -0.4 is 5.73 Å². The number of hydrogen-bond acceptors (Lipinski definition) is 3. The maximum Gasteiger partial charge on any atom is 0.0988 e. The number of nitrogens with zero attached hydrogens (tertiary/aromatic N) is 1. The number of nitriles is 1. The monoisotopic (exact) mass is 270 g/mol. The van der Waals surface area contributed by atoms with Gasteiger partial charge >= 0.3 is 0 Å². The Morgan fingerprint density at radius 1 is 1.32 bits per heavy atom.